The van der Waals surface area contributed by atoms with E-state index in [1.165, 1.54) is 21.6 Å². The molecule has 0 atom stereocenters. The Morgan fingerprint density at radius 1 is 1.07 bits per heavy atom. The third-order valence-corrected chi connectivity index (χ3v) is 4.01. The fourth-order valence-electron chi connectivity index (χ4n) is 1.63. The maximum absolute atomic E-state index is 5.91. The van der Waals surface area contributed by atoms with Crippen molar-refractivity contribution in [3.05, 3.63) is 51.9 Å². The molecule has 0 aliphatic rings. The zero-order valence-corrected chi connectivity index (χ0v) is 9.90. The van der Waals surface area contributed by atoms with E-state index < -0.39 is 0 Å². The summed E-state index contributed by atoms with van der Waals surface area (Å²) in [5.41, 5.74) is 9.85. The normalized spacial score (nSPS) is 10.5. The number of nitrogen functional groups attached to an aromatic ring is 1. The fraction of sp³-hybridized carbons (Fsp3) is 0.231. The lowest BCUT2D eigenvalue weighted by Gasteiger charge is -2.00. The van der Waals surface area contributed by atoms with Crippen molar-refractivity contribution >= 4 is 16.3 Å². The Kier molecular flexibility index (Phi) is 2.78. The smallest absolute Gasteiger partial charge is 0.0891 e. The number of nitrogens with two attached hydrogens (primary N) is 1. The number of thiophene rings is 1. The van der Waals surface area contributed by atoms with Crippen molar-refractivity contribution in [2.24, 2.45) is 0 Å². The predicted molar refractivity (Wildman–Crippen MR) is 67.5 cm³/mol. The second-order valence-corrected chi connectivity index (χ2v) is 4.94. The van der Waals surface area contributed by atoms with Crippen LogP contribution in [0.25, 0.3) is 0 Å². The van der Waals surface area contributed by atoms with Crippen LogP contribution < -0.4 is 5.73 Å². The molecule has 0 amide bonds. The summed E-state index contributed by atoms with van der Waals surface area (Å²) in [6.07, 6.45) is 0.995. The van der Waals surface area contributed by atoms with Crippen LogP contribution in [0.3, 0.4) is 0 Å². The van der Waals surface area contributed by atoms with Crippen LogP contribution in [0.2, 0.25) is 0 Å². The van der Waals surface area contributed by atoms with Crippen molar-refractivity contribution in [2.45, 2.75) is 20.3 Å². The highest BCUT2D eigenvalue weighted by molar-refractivity contribution is 7.16. The van der Waals surface area contributed by atoms with Gasteiger partial charge in [-0.05, 0) is 30.5 Å². The van der Waals surface area contributed by atoms with Crippen LogP contribution in [0.5, 0.6) is 0 Å². The molecular weight excluding hydrogens is 202 g/mol. The molecule has 0 bridgehead atoms. The summed E-state index contributed by atoms with van der Waals surface area (Å²) in [6, 6.07) is 10.5. The van der Waals surface area contributed by atoms with Gasteiger partial charge in [-0.2, -0.15) is 0 Å². The molecule has 0 aliphatic heterocycles. The van der Waals surface area contributed by atoms with Crippen molar-refractivity contribution in [2.75, 3.05) is 5.73 Å². The highest BCUT2D eigenvalue weighted by atomic mass is 32.1. The minimum atomic E-state index is 0.957. The zero-order chi connectivity index (χ0) is 10.8. The molecule has 0 aliphatic carbocycles. The molecule has 1 nitrogen and oxygen atoms in total. The third kappa shape index (κ3) is 2.05. The molecule has 1 aromatic carbocycles. The maximum Gasteiger partial charge on any atom is 0.0891 e. The largest absolute Gasteiger partial charge is 0.390 e. The second kappa shape index (κ2) is 4.07. The summed E-state index contributed by atoms with van der Waals surface area (Å²) >= 11 is 1.71. The summed E-state index contributed by atoms with van der Waals surface area (Å²) in [5.74, 6) is 0. The van der Waals surface area contributed by atoms with Gasteiger partial charge in [0.05, 0.1) is 5.00 Å². The molecule has 0 radical (unpaired) electrons. The van der Waals surface area contributed by atoms with E-state index in [0.717, 1.165) is 11.4 Å². The quantitative estimate of drug-likeness (QED) is 0.818. The number of anilines is 1. The molecule has 78 valence electrons. The van der Waals surface area contributed by atoms with Crippen LogP contribution >= 0.6 is 11.3 Å². The first-order valence-electron chi connectivity index (χ1n) is 5.06. The number of hydrogen-bond acceptors (Lipinski definition) is 2. The molecule has 1 aromatic heterocycles. The summed E-state index contributed by atoms with van der Waals surface area (Å²) < 4.78 is 0. The Labute approximate surface area is 94.6 Å². The summed E-state index contributed by atoms with van der Waals surface area (Å²) in [7, 11) is 0. The third-order valence-electron chi connectivity index (χ3n) is 2.79. The molecule has 15 heavy (non-hydrogen) atoms. The first kappa shape index (κ1) is 10.2. The van der Waals surface area contributed by atoms with E-state index in [1.807, 2.05) is 6.07 Å². The lowest BCUT2D eigenvalue weighted by Crippen LogP contribution is -1.87. The van der Waals surface area contributed by atoms with E-state index in [-0.39, 0.29) is 0 Å². The summed E-state index contributed by atoms with van der Waals surface area (Å²) in [4.78, 5) is 1.39. The molecule has 0 spiro atoms. The van der Waals surface area contributed by atoms with Gasteiger partial charge in [0.25, 0.3) is 0 Å². The number of rotatable bonds is 2. The molecule has 0 fully saturated rings. The minimum absolute atomic E-state index is 0.957. The topological polar surface area (TPSA) is 26.0 Å². The van der Waals surface area contributed by atoms with Gasteiger partial charge >= 0.3 is 0 Å². The highest BCUT2D eigenvalue weighted by Crippen LogP contribution is 2.31. The fourth-order valence-corrected chi connectivity index (χ4v) is 2.75. The van der Waals surface area contributed by atoms with Gasteiger partial charge in [-0.3, -0.25) is 0 Å². The van der Waals surface area contributed by atoms with E-state index in [0.29, 0.717) is 0 Å². The van der Waals surface area contributed by atoms with Crippen molar-refractivity contribution in [3.63, 3.8) is 0 Å². The average Bonchev–Trinajstić information content (AvgIpc) is 2.48. The van der Waals surface area contributed by atoms with Crippen molar-refractivity contribution in [3.8, 4) is 0 Å². The molecule has 0 saturated heterocycles. The van der Waals surface area contributed by atoms with E-state index in [1.54, 1.807) is 11.3 Å². The molecule has 2 aromatic rings. The van der Waals surface area contributed by atoms with Gasteiger partial charge in [0.1, 0.15) is 0 Å². The van der Waals surface area contributed by atoms with Gasteiger partial charge in [-0.15, -0.1) is 11.3 Å². The first-order valence-corrected chi connectivity index (χ1v) is 5.88. The molecule has 2 heteroatoms. The summed E-state index contributed by atoms with van der Waals surface area (Å²) in [5, 5.41) is 0.957. The van der Waals surface area contributed by atoms with E-state index in [4.69, 9.17) is 5.73 Å². The Hall–Kier alpha value is -1.28. The SMILES string of the molecule is Cc1c(N)sc(Cc2ccccc2)c1C. The van der Waals surface area contributed by atoms with Crippen molar-refractivity contribution < 1.29 is 0 Å². The van der Waals surface area contributed by atoms with Gasteiger partial charge in [0.2, 0.25) is 0 Å². The van der Waals surface area contributed by atoms with Crippen LogP contribution in [-0.4, -0.2) is 0 Å². The van der Waals surface area contributed by atoms with Gasteiger partial charge in [0, 0.05) is 11.3 Å². The molecular formula is C13H15NS. The lowest BCUT2D eigenvalue weighted by atomic mass is 10.1. The minimum Gasteiger partial charge on any atom is -0.390 e. The van der Waals surface area contributed by atoms with Crippen LogP contribution in [-0.2, 0) is 6.42 Å². The Morgan fingerprint density at radius 3 is 2.27 bits per heavy atom. The molecule has 1 heterocycles. The Morgan fingerprint density at radius 2 is 1.73 bits per heavy atom. The first-order chi connectivity index (χ1) is 7.18. The van der Waals surface area contributed by atoms with Gasteiger partial charge in [-0.25, -0.2) is 0 Å². The van der Waals surface area contributed by atoms with Crippen LogP contribution in [0, 0.1) is 13.8 Å². The zero-order valence-electron chi connectivity index (χ0n) is 9.08. The van der Waals surface area contributed by atoms with Gasteiger partial charge in [-0.1, -0.05) is 30.3 Å². The van der Waals surface area contributed by atoms with Crippen LogP contribution in [0.15, 0.2) is 30.3 Å². The predicted octanol–water partition coefficient (Wildman–Crippen LogP) is 3.54. The Balaban J connectivity index is 2.29. The van der Waals surface area contributed by atoms with Gasteiger partial charge in [0.15, 0.2) is 0 Å². The standard InChI is InChI=1S/C13H15NS/c1-9-10(2)13(14)15-12(9)8-11-6-4-3-5-7-11/h3-7H,8,14H2,1-2H3. The average molecular weight is 217 g/mol. The monoisotopic (exact) mass is 217 g/mol. The van der Waals surface area contributed by atoms with Crippen LogP contribution in [0.1, 0.15) is 21.6 Å². The molecule has 2 N–H and O–H groups in total. The van der Waals surface area contributed by atoms with Crippen LogP contribution in [0.4, 0.5) is 5.00 Å². The molecule has 0 saturated carbocycles. The number of benzene rings is 1. The molecule has 2 rings (SSSR count). The van der Waals surface area contributed by atoms with Crippen molar-refractivity contribution in [1.82, 2.24) is 0 Å². The maximum atomic E-state index is 5.91. The Bertz CT molecular complexity index is 457. The van der Waals surface area contributed by atoms with Gasteiger partial charge < -0.3 is 5.73 Å². The second-order valence-electron chi connectivity index (χ2n) is 3.80. The van der Waals surface area contributed by atoms with Crippen molar-refractivity contribution in [1.29, 1.82) is 0 Å². The van der Waals surface area contributed by atoms with E-state index in [9.17, 15) is 0 Å². The van der Waals surface area contributed by atoms with E-state index in [2.05, 4.69) is 38.1 Å². The number of hydrogen-bond donors (Lipinski definition) is 1. The highest BCUT2D eigenvalue weighted by Gasteiger charge is 2.09. The van der Waals surface area contributed by atoms with E-state index >= 15 is 0 Å². The molecule has 0 unspecified atom stereocenters. The lowest BCUT2D eigenvalue weighted by molar-refractivity contribution is 1.20. The summed E-state index contributed by atoms with van der Waals surface area (Å²) in [6.45, 7) is 4.25.